The first kappa shape index (κ1) is 19.4. The van der Waals surface area contributed by atoms with E-state index >= 15 is 0 Å². The van der Waals surface area contributed by atoms with Crippen molar-refractivity contribution >= 4 is 15.1 Å². The molecule has 0 bridgehead atoms. The van der Waals surface area contributed by atoms with E-state index in [-0.39, 0.29) is 0 Å². The number of hydrogen-bond acceptors (Lipinski definition) is 3. The quantitative estimate of drug-likeness (QED) is 0.326. The smallest absolute Gasteiger partial charge is 0.454 e. The lowest BCUT2D eigenvalue weighted by Gasteiger charge is -2.13. The lowest BCUT2D eigenvalue weighted by molar-refractivity contribution is 0.0889. The average molecular weight is 288 g/mol. The monoisotopic (exact) mass is 288 g/mol. The molecule has 0 aliphatic carbocycles. The SMILES string of the molecule is CCCCC[O][Al]([O]CCCCC)[O]CCCCC. The van der Waals surface area contributed by atoms with Crippen molar-refractivity contribution in [1.82, 2.24) is 0 Å². The Labute approximate surface area is 125 Å². The maximum Gasteiger partial charge on any atom is 0.905 e. The molecule has 19 heavy (non-hydrogen) atoms. The van der Waals surface area contributed by atoms with Gasteiger partial charge in [-0.2, -0.15) is 0 Å². The summed E-state index contributed by atoms with van der Waals surface area (Å²) in [5.74, 6) is 0. The number of unbranched alkanes of at least 4 members (excludes halogenated alkanes) is 6. The predicted molar refractivity (Wildman–Crippen MR) is 82.2 cm³/mol. The third kappa shape index (κ3) is 14.6. The maximum absolute atomic E-state index is 5.80. The Morgan fingerprint density at radius 1 is 0.526 bits per heavy atom. The highest BCUT2D eigenvalue weighted by Crippen LogP contribution is 2.03. The Balaban J connectivity index is 3.66. The lowest BCUT2D eigenvalue weighted by atomic mass is 10.3. The molecule has 0 aliphatic rings. The van der Waals surface area contributed by atoms with Crippen LogP contribution in [0, 0.1) is 0 Å². The standard InChI is InChI=1S/3C5H11O.Al/c3*1-2-3-4-5-6;/h3*2-5H2,1H3;/q3*-1;+3. The molecule has 0 unspecified atom stereocenters. The Bertz CT molecular complexity index is 139. The summed E-state index contributed by atoms with van der Waals surface area (Å²) in [7, 11) is 0. The summed E-state index contributed by atoms with van der Waals surface area (Å²) in [4.78, 5) is 0. The highest BCUT2D eigenvalue weighted by Gasteiger charge is 2.30. The zero-order valence-electron chi connectivity index (χ0n) is 13.3. The van der Waals surface area contributed by atoms with Crippen LogP contribution in [0.4, 0.5) is 0 Å². The van der Waals surface area contributed by atoms with Gasteiger partial charge in [0.2, 0.25) is 0 Å². The Morgan fingerprint density at radius 3 is 1.11 bits per heavy atom. The van der Waals surface area contributed by atoms with E-state index in [0.29, 0.717) is 0 Å². The molecule has 0 aromatic rings. The van der Waals surface area contributed by atoms with E-state index in [1.807, 2.05) is 0 Å². The molecule has 0 rings (SSSR count). The zero-order chi connectivity index (χ0) is 14.2. The first-order valence-electron chi connectivity index (χ1n) is 8.19. The molecule has 0 spiro atoms. The van der Waals surface area contributed by atoms with Crippen LogP contribution >= 0.6 is 0 Å². The summed E-state index contributed by atoms with van der Waals surface area (Å²) in [6, 6.07) is 0. The van der Waals surface area contributed by atoms with Gasteiger partial charge in [0.05, 0.1) is 0 Å². The third-order valence-corrected chi connectivity index (χ3v) is 4.53. The van der Waals surface area contributed by atoms with Crippen LogP contribution in [0.1, 0.15) is 78.6 Å². The molecule has 3 nitrogen and oxygen atoms in total. The van der Waals surface area contributed by atoms with Gasteiger partial charge in [0, 0.05) is 19.8 Å². The lowest BCUT2D eigenvalue weighted by Crippen LogP contribution is -2.28. The molecule has 0 saturated carbocycles. The fourth-order valence-electron chi connectivity index (χ4n) is 1.74. The largest absolute Gasteiger partial charge is 0.905 e. The molecule has 0 saturated heterocycles. The Morgan fingerprint density at radius 2 is 0.842 bits per heavy atom. The van der Waals surface area contributed by atoms with Crippen LogP contribution in [0.25, 0.3) is 0 Å². The Hall–Kier alpha value is 0.412. The molecular weight excluding hydrogens is 255 g/mol. The van der Waals surface area contributed by atoms with E-state index in [2.05, 4.69) is 20.8 Å². The average Bonchev–Trinajstić information content (AvgIpc) is 2.43. The van der Waals surface area contributed by atoms with Gasteiger partial charge >= 0.3 is 15.1 Å². The molecule has 0 amide bonds. The van der Waals surface area contributed by atoms with Gasteiger partial charge < -0.3 is 11.4 Å². The highest BCUT2D eigenvalue weighted by atomic mass is 27.3. The van der Waals surface area contributed by atoms with Crippen molar-refractivity contribution in [1.29, 1.82) is 0 Å². The summed E-state index contributed by atoms with van der Waals surface area (Å²) in [6.07, 6.45) is 10.7. The van der Waals surface area contributed by atoms with Crippen LogP contribution in [0.2, 0.25) is 0 Å². The van der Waals surface area contributed by atoms with Crippen LogP contribution in [-0.2, 0) is 11.4 Å². The van der Waals surface area contributed by atoms with Gasteiger partial charge in [0.25, 0.3) is 0 Å². The fourth-order valence-corrected chi connectivity index (χ4v) is 3.11. The molecule has 114 valence electrons. The fraction of sp³-hybridized carbons (Fsp3) is 1.00. The Kier molecular flexibility index (Phi) is 16.8. The summed E-state index contributed by atoms with van der Waals surface area (Å²) in [5, 5.41) is 0. The minimum Gasteiger partial charge on any atom is -0.454 e. The first-order valence-corrected chi connectivity index (χ1v) is 9.61. The van der Waals surface area contributed by atoms with Gasteiger partial charge in [0.1, 0.15) is 0 Å². The minimum absolute atomic E-state index is 0.798. The topological polar surface area (TPSA) is 27.7 Å². The van der Waals surface area contributed by atoms with Gasteiger partial charge in [-0.15, -0.1) is 0 Å². The predicted octanol–water partition coefficient (Wildman–Crippen LogP) is 4.59. The minimum atomic E-state index is -1.86. The van der Waals surface area contributed by atoms with Crippen molar-refractivity contribution in [2.45, 2.75) is 78.6 Å². The van der Waals surface area contributed by atoms with Crippen LogP contribution in [0.5, 0.6) is 0 Å². The summed E-state index contributed by atoms with van der Waals surface area (Å²) in [5.41, 5.74) is 0. The number of hydrogen-bond donors (Lipinski definition) is 0. The maximum atomic E-state index is 5.80. The number of rotatable bonds is 15. The molecule has 0 heterocycles. The second-order valence-electron chi connectivity index (χ2n) is 5.02. The molecule has 0 atom stereocenters. The van der Waals surface area contributed by atoms with E-state index < -0.39 is 15.1 Å². The van der Waals surface area contributed by atoms with Crippen molar-refractivity contribution in [3.63, 3.8) is 0 Å². The van der Waals surface area contributed by atoms with Crippen LogP contribution < -0.4 is 0 Å². The van der Waals surface area contributed by atoms with Crippen LogP contribution in [0.3, 0.4) is 0 Å². The van der Waals surface area contributed by atoms with Crippen LogP contribution in [0.15, 0.2) is 0 Å². The van der Waals surface area contributed by atoms with Gasteiger partial charge in [0.15, 0.2) is 0 Å². The van der Waals surface area contributed by atoms with E-state index in [1.54, 1.807) is 0 Å². The van der Waals surface area contributed by atoms with Crippen molar-refractivity contribution in [3.8, 4) is 0 Å². The van der Waals surface area contributed by atoms with Crippen molar-refractivity contribution in [3.05, 3.63) is 0 Å². The van der Waals surface area contributed by atoms with E-state index in [1.165, 1.54) is 38.5 Å². The van der Waals surface area contributed by atoms with Crippen molar-refractivity contribution in [2.75, 3.05) is 19.8 Å². The highest BCUT2D eigenvalue weighted by molar-refractivity contribution is 6.36. The van der Waals surface area contributed by atoms with Crippen LogP contribution in [-0.4, -0.2) is 35.0 Å². The van der Waals surface area contributed by atoms with Gasteiger partial charge in [-0.3, -0.25) is 0 Å². The molecule has 0 radical (unpaired) electrons. The molecule has 0 aromatic carbocycles. The van der Waals surface area contributed by atoms with E-state index in [9.17, 15) is 0 Å². The van der Waals surface area contributed by atoms with Crippen molar-refractivity contribution in [2.24, 2.45) is 0 Å². The first-order chi connectivity index (χ1) is 9.35. The molecule has 0 fully saturated rings. The summed E-state index contributed by atoms with van der Waals surface area (Å²) < 4.78 is 17.4. The molecule has 0 N–H and O–H groups in total. The van der Waals surface area contributed by atoms with E-state index in [0.717, 1.165) is 39.1 Å². The van der Waals surface area contributed by atoms with E-state index in [4.69, 9.17) is 11.4 Å². The van der Waals surface area contributed by atoms with Crippen molar-refractivity contribution < 1.29 is 11.4 Å². The molecule has 0 aliphatic heterocycles. The van der Waals surface area contributed by atoms with Gasteiger partial charge in [-0.05, 0) is 19.3 Å². The summed E-state index contributed by atoms with van der Waals surface area (Å²) >= 11 is -1.86. The van der Waals surface area contributed by atoms with Gasteiger partial charge in [-0.1, -0.05) is 59.3 Å². The molecule has 4 heteroatoms. The zero-order valence-corrected chi connectivity index (χ0v) is 14.4. The summed E-state index contributed by atoms with van der Waals surface area (Å²) in [6.45, 7) is 9.01. The third-order valence-electron chi connectivity index (χ3n) is 3.01. The normalized spacial score (nSPS) is 10.9. The second kappa shape index (κ2) is 16.5. The molecule has 0 aromatic heterocycles. The second-order valence-corrected chi connectivity index (χ2v) is 6.60. The molecular formula is C15H33AlO3. The van der Waals surface area contributed by atoms with Gasteiger partial charge in [-0.25, -0.2) is 0 Å².